The Morgan fingerprint density at radius 2 is 1.94 bits per heavy atom. The highest BCUT2D eigenvalue weighted by Gasteiger charge is 2.21. The van der Waals surface area contributed by atoms with Crippen LogP contribution in [0.3, 0.4) is 0 Å². The van der Waals surface area contributed by atoms with Gasteiger partial charge in [0.25, 0.3) is 0 Å². The minimum Gasteiger partial charge on any atom is -0.326 e. The molecule has 0 saturated heterocycles. The van der Waals surface area contributed by atoms with E-state index in [0.29, 0.717) is 16.5 Å². The predicted molar refractivity (Wildman–Crippen MR) is 113 cm³/mol. The maximum Gasteiger partial charge on any atom is 0.306 e. The summed E-state index contributed by atoms with van der Waals surface area (Å²) in [5.74, 6) is -1.64. The van der Waals surface area contributed by atoms with Crippen LogP contribution in [0.5, 0.6) is 0 Å². The largest absolute Gasteiger partial charge is 0.326 e. The van der Waals surface area contributed by atoms with Crippen LogP contribution in [0.2, 0.25) is 0 Å². The highest BCUT2D eigenvalue weighted by atomic mass is 32.2. The van der Waals surface area contributed by atoms with Crippen molar-refractivity contribution in [2.75, 3.05) is 10.6 Å². The Morgan fingerprint density at radius 3 is 2.65 bits per heavy atom. The van der Waals surface area contributed by atoms with Crippen LogP contribution >= 0.6 is 11.8 Å². The van der Waals surface area contributed by atoms with Crippen LogP contribution in [0.25, 0.3) is 5.69 Å². The van der Waals surface area contributed by atoms with E-state index in [0.717, 1.165) is 23.9 Å². The average Bonchev–Trinajstić information content (AvgIpc) is 3.17. The van der Waals surface area contributed by atoms with Gasteiger partial charge in [0, 0.05) is 24.4 Å². The number of thioether (sulfide) groups is 1. The summed E-state index contributed by atoms with van der Waals surface area (Å²) in [6, 6.07) is 10.1. The lowest BCUT2D eigenvalue weighted by atomic mass is 10.2. The molecular weight excluding hydrogens is 427 g/mol. The molecule has 10 nitrogen and oxygen atoms in total. The van der Waals surface area contributed by atoms with Crippen LogP contribution in [-0.4, -0.2) is 36.8 Å². The summed E-state index contributed by atoms with van der Waals surface area (Å²) in [5, 5.41) is 23.8. The Hall–Kier alpha value is -3.80. The molecule has 0 aliphatic carbocycles. The van der Waals surface area contributed by atoms with Gasteiger partial charge in [0.2, 0.25) is 17.6 Å². The Morgan fingerprint density at radius 1 is 1.19 bits per heavy atom. The highest BCUT2D eigenvalue weighted by Crippen LogP contribution is 2.27. The fourth-order valence-corrected chi connectivity index (χ4v) is 3.45. The van der Waals surface area contributed by atoms with Crippen molar-refractivity contribution in [3.63, 3.8) is 0 Å². The van der Waals surface area contributed by atoms with Crippen molar-refractivity contribution in [3.8, 4) is 5.69 Å². The van der Waals surface area contributed by atoms with Gasteiger partial charge in [0.15, 0.2) is 5.16 Å². The second-order valence-electron chi connectivity index (χ2n) is 6.39. The lowest BCUT2D eigenvalue weighted by Crippen LogP contribution is -2.23. The van der Waals surface area contributed by atoms with E-state index in [1.54, 1.807) is 35.8 Å². The third kappa shape index (κ3) is 5.42. The van der Waals surface area contributed by atoms with E-state index < -0.39 is 27.6 Å². The predicted octanol–water partition coefficient (Wildman–Crippen LogP) is 3.39. The monoisotopic (exact) mass is 444 g/mol. The first kappa shape index (κ1) is 21.9. The number of aromatic nitrogens is 3. The molecule has 0 bridgehead atoms. The van der Waals surface area contributed by atoms with E-state index in [1.165, 1.54) is 19.3 Å². The highest BCUT2D eigenvalue weighted by molar-refractivity contribution is 8.00. The van der Waals surface area contributed by atoms with Gasteiger partial charge < -0.3 is 10.6 Å². The van der Waals surface area contributed by atoms with Gasteiger partial charge in [-0.3, -0.25) is 24.3 Å². The summed E-state index contributed by atoms with van der Waals surface area (Å²) in [5.41, 5.74) is 0.658. The molecule has 3 rings (SSSR count). The van der Waals surface area contributed by atoms with Crippen LogP contribution in [0.15, 0.2) is 53.9 Å². The van der Waals surface area contributed by atoms with Crippen molar-refractivity contribution >= 4 is 40.6 Å². The first-order valence-corrected chi connectivity index (χ1v) is 9.82. The van der Waals surface area contributed by atoms with Crippen LogP contribution in [0, 0.1) is 15.9 Å². The van der Waals surface area contributed by atoms with E-state index in [2.05, 4.69) is 20.8 Å². The van der Waals surface area contributed by atoms with E-state index >= 15 is 0 Å². The zero-order chi connectivity index (χ0) is 22.5. The smallest absolute Gasteiger partial charge is 0.306 e. The molecule has 0 fully saturated rings. The topological polar surface area (TPSA) is 132 Å². The molecule has 1 unspecified atom stereocenters. The van der Waals surface area contributed by atoms with Crippen LogP contribution in [0.4, 0.5) is 21.5 Å². The van der Waals surface area contributed by atoms with Crippen molar-refractivity contribution in [2.45, 2.75) is 24.3 Å². The van der Waals surface area contributed by atoms with Gasteiger partial charge in [-0.2, -0.15) is 4.39 Å². The normalized spacial score (nSPS) is 11.6. The number of hydrogen-bond donors (Lipinski definition) is 2. The molecule has 2 N–H and O–H groups in total. The second kappa shape index (κ2) is 9.34. The zero-order valence-corrected chi connectivity index (χ0v) is 17.2. The fraction of sp³-hybridized carbons (Fsp3) is 0.158. The molecule has 0 aliphatic rings. The number of benzene rings is 2. The first-order valence-electron chi connectivity index (χ1n) is 8.94. The van der Waals surface area contributed by atoms with Crippen LogP contribution in [-0.2, 0) is 9.59 Å². The third-order valence-corrected chi connectivity index (χ3v) is 5.08. The standard InChI is InChI=1S/C19H17FN6O4S/c1-11(18(28)23-14-6-7-16(20)17(9-14)26(29)30)31-19-24-21-10-25(19)15-5-3-4-13(8-15)22-12(2)27/h3-11H,1-2H3,(H,22,27)(H,23,28). The van der Waals surface area contributed by atoms with Gasteiger partial charge in [0.05, 0.1) is 15.9 Å². The molecule has 1 heterocycles. The molecule has 1 aromatic heterocycles. The number of nitrogens with zero attached hydrogens (tertiary/aromatic N) is 4. The molecule has 160 valence electrons. The molecule has 1 atom stereocenters. The lowest BCUT2D eigenvalue weighted by Gasteiger charge is -2.13. The fourth-order valence-electron chi connectivity index (χ4n) is 2.60. The van der Waals surface area contributed by atoms with Gasteiger partial charge >= 0.3 is 5.69 Å². The zero-order valence-electron chi connectivity index (χ0n) is 16.4. The van der Waals surface area contributed by atoms with Gasteiger partial charge in [-0.25, -0.2) is 0 Å². The third-order valence-electron chi connectivity index (χ3n) is 4.02. The number of rotatable bonds is 7. The maximum absolute atomic E-state index is 13.5. The number of hydrogen-bond acceptors (Lipinski definition) is 7. The van der Waals surface area contributed by atoms with E-state index in [-0.39, 0.29) is 11.6 Å². The number of nitro benzene ring substituents is 1. The SMILES string of the molecule is CC(=O)Nc1cccc(-n2cnnc2SC(C)C(=O)Nc2ccc(F)c([N+](=O)[O-])c2)c1. The van der Waals surface area contributed by atoms with Crippen molar-refractivity contribution in [2.24, 2.45) is 0 Å². The van der Waals surface area contributed by atoms with Gasteiger partial charge in [-0.15, -0.1) is 10.2 Å². The molecule has 2 aromatic carbocycles. The minimum atomic E-state index is -0.986. The van der Waals surface area contributed by atoms with Crippen LogP contribution in [0.1, 0.15) is 13.8 Å². The number of carbonyl (C=O) groups is 2. The number of nitro groups is 1. The molecule has 0 radical (unpaired) electrons. The Kier molecular flexibility index (Phi) is 6.60. The minimum absolute atomic E-state index is 0.107. The summed E-state index contributed by atoms with van der Waals surface area (Å²) in [6.45, 7) is 3.04. The Balaban J connectivity index is 1.73. The van der Waals surface area contributed by atoms with E-state index in [9.17, 15) is 24.1 Å². The molecule has 0 saturated carbocycles. The van der Waals surface area contributed by atoms with Gasteiger partial charge in [-0.05, 0) is 37.3 Å². The molecule has 0 spiro atoms. The molecule has 31 heavy (non-hydrogen) atoms. The summed E-state index contributed by atoms with van der Waals surface area (Å²) in [6.07, 6.45) is 1.48. The molecular formula is C19H17FN6O4S. The van der Waals surface area contributed by atoms with E-state index in [4.69, 9.17) is 0 Å². The Bertz CT molecular complexity index is 1150. The van der Waals surface area contributed by atoms with Crippen molar-refractivity contribution in [1.82, 2.24) is 14.8 Å². The number of carbonyl (C=O) groups excluding carboxylic acids is 2. The van der Waals surface area contributed by atoms with E-state index in [1.807, 2.05) is 0 Å². The molecule has 0 aliphatic heterocycles. The number of halogens is 1. The second-order valence-corrected chi connectivity index (χ2v) is 7.70. The van der Waals surface area contributed by atoms with Crippen LogP contribution < -0.4 is 10.6 Å². The van der Waals surface area contributed by atoms with Crippen molar-refractivity contribution < 1.29 is 18.9 Å². The molecule has 2 amide bonds. The average molecular weight is 444 g/mol. The van der Waals surface area contributed by atoms with Gasteiger partial charge in [-0.1, -0.05) is 17.8 Å². The number of amides is 2. The number of nitrogens with one attached hydrogen (secondary N) is 2. The first-order chi connectivity index (χ1) is 14.7. The van der Waals surface area contributed by atoms with Crippen molar-refractivity contribution in [3.05, 3.63) is 64.7 Å². The quantitative estimate of drug-likeness (QED) is 0.324. The summed E-state index contributed by atoms with van der Waals surface area (Å²) >= 11 is 1.11. The Labute approximate surface area is 180 Å². The summed E-state index contributed by atoms with van der Waals surface area (Å²) in [7, 11) is 0. The lowest BCUT2D eigenvalue weighted by molar-refractivity contribution is -0.387. The molecule has 12 heteroatoms. The number of anilines is 2. The summed E-state index contributed by atoms with van der Waals surface area (Å²) < 4.78 is 15.1. The van der Waals surface area contributed by atoms with Gasteiger partial charge in [0.1, 0.15) is 6.33 Å². The molecule has 3 aromatic rings. The van der Waals surface area contributed by atoms with Crippen molar-refractivity contribution in [1.29, 1.82) is 0 Å². The maximum atomic E-state index is 13.5. The summed E-state index contributed by atoms with van der Waals surface area (Å²) in [4.78, 5) is 33.8.